The fraction of sp³-hybridized carbons (Fsp3) is 0.238. The molecule has 0 amide bonds. The van der Waals surface area contributed by atoms with Gasteiger partial charge in [0, 0.05) is 34.3 Å². The number of halogens is 2. The van der Waals surface area contributed by atoms with Crippen LogP contribution in [0.3, 0.4) is 0 Å². The van der Waals surface area contributed by atoms with Crippen molar-refractivity contribution in [2.24, 2.45) is 0 Å². The van der Waals surface area contributed by atoms with Gasteiger partial charge in [0.05, 0.1) is 6.10 Å². The summed E-state index contributed by atoms with van der Waals surface area (Å²) in [6.45, 7) is 3.25. The Morgan fingerprint density at radius 2 is 1.88 bits per heavy atom. The molecule has 3 nitrogen and oxygen atoms in total. The van der Waals surface area contributed by atoms with Crippen LogP contribution in [0.25, 0.3) is 10.8 Å². The molecule has 0 saturated heterocycles. The zero-order chi connectivity index (χ0) is 18.5. The van der Waals surface area contributed by atoms with Gasteiger partial charge in [0.25, 0.3) is 0 Å². The Morgan fingerprint density at radius 1 is 1.08 bits per heavy atom. The average Bonchev–Trinajstić information content (AvgIpc) is 2.61. The maximum atomic E-state index is 9.50. The molecule has 0 radical (unpaired) electrons. The molecule has 0 aliphatic carbocycles. The van der Waals surface area contributed by atoms with E-state index in [4.69, 9.17) is 27.9 Å². The van der Waals surface area contributed by atoms with Gasteiger partial charge in [0.15, 0.2) is 0 Å². The molecule has 0 heterocycles. The van der Waals surface area contributed by atoms with Gasteiger partial charge in [-0.25, -0.2) is 0 Å². The number of aliphatic hydroxyl groups excluding tert-OH is 1. The number of fused-ring (bicyclic) bond motifs is 1. The van der Waals surface area contributed by atoms with Gasteiger partial charge in [-0.15, -0.1) is 0 Å². The zero-order valence-electron chi connectivity index (χ0n) is 14.5. The second-order valence-electron chi connectivity index (χ2n) is 6.27. The van der Waals surface area contributed by atoms with Crippen LogP contribution >= 0.6 is 23.2 Å². The summed E-state index contributed by atoms with van der Waals surface area (Å²) in [6.07, 6.45) is -0.401. The fourth-order valence-corrected chi connectivity index (χ4v) is 3.30. The molecule has 0 aromatic heterocycles. The Labute approximate surface area is 163 Å². The van der Waals surface area contributed by atoms with Gasteiger partial charge in [-0.1, -0.05) is 59.6 Å². The number of hydrogen-bond acceptors (Lipinski definition) is 3. The first-order valence-corrected chi connectivity index (χ1v) is 9.26. The van der Waals surface area contributed by atoms with Crippen LogP contribution in [-0.2, 0) is 13.2 Å². The van der Waals surface area contributed by atoms with Crippen LogP contribution in [0.1, 0.15) is 18.1 Å². The Balaban J connectivity index is 1.86. The topological polar surface area (TPSA) is 41.5 Å². The minimum absolute atomic E-state index is 0.359. The first kappa shape index (κ1) is 19.0. The van der Waals surface area contributed by atoms with Crippen molar-refractivity contribution in [1.29, 1.82) is 0 Å². The van der Waals surface area contributed by atoms with E-state index >= 15 is 0 Å². The Hall–Kier alpha value is -1.78. The van der Waals surface area contributed by atoms with Gasteiger partial charge in [-0.3, -0.25) is 0 Å². The van der Waals surface area contributed by atoms with Crippen molar-refractivity contribution in [3.63, 3.8) is 0 Å². The van der Waals surface area contributed by atoms with E-state index in [9.17, 15) is 5.11 Å². The molecular formula is C21H21Cl2NO2. The van der Waals surface area contributed by atoms with Crippen molar-refractivity contribution in [3.05, 3.63) is 75.8 Å². The molecule has 1 atom stereocenters. The van der Waals surface area contributed by atoms with Gasteiger partial charge in [0.2, 0.25) is 0 Å². The van der Waals surface area contributed by atoms with Gasteiger partial charge in [-0.2, -0.15) is 0 Å². The molecule has 0 spiro atoms. The Kier molecular flexibility index (Phi) is 6.38. The van der Waals surface area contributed by atoms with E-state index in [0.29, 0.717) is 29.7 Å². The number of ether oxygens (including phenoxy) is 1. The smallest absolute Gasteiger partial charge is 0.124 e. The third-order valence-corrected chi connectivity index (χ3v) is 4.72. The first-order valence-electron chi connectivity index (χ1n) is 8.50. The molecule has 0 saturated carbocycles. The second-order valence-corrected chi connectivity index (χ2v) is 7.11. The average molecular weight is 390 g/mol. The summed E-state index contributed by atoms with van der Waals surface area (Å²) >= 11 is 12.2. The van der Waals surface area contributed by atoms with Gasteiger partial charge in [0.1, 0.15) is 12.4 Å². The van der Waals surface area contributed by atoms with E-state index in [1.807, 2.05) is 30.3 Å². The molecule has 2 N–H and O–H groups in total. The SMILES string of the molecule is C[C@H](O)CNCc1c(OCc2ccc(Cl)cc2Cl)ccc2ccccc12. The van der Waals surface area contributed by atoms with E-state index in [2.05, 4.69) is 17.4 Å². The van der Waals surface area contributed by atoms with Crippen LogP contribution in [0.15, 0.2) is 54.6 Å². The molecule has 0 fully saturated rings. The van der Waals surface area contributed by atoms with Crippen molar-refractivity contribution in [3.8, 4) is 5.75 Å². The number of aliphatic hydroxyl groups is 1. The highest BCUT2D eigenvalue weighted by Gasteiger charge is 2.10. The molecule has 0 aliphatic rings. The van der Waals surface area contributed by atoms with Crippen molar-refractivity contribution in [2.75, 3.05) is 6.54 Å². The largest absolute Gasteiger partial charge is 0.488 e. The quantitative estimate of drug-likeness (QED) is 0.583. The summed E-state index contributed by atoms with van der Waals surface area (Å²) in [5, 5.41) is 16.3. The molecule has 26 heavy (non-hydrogen) atoms. The number of benzene rings is 3. The maximum absolute atomic E-state index is 9.50. The van der Waals surface area contributed by atoms with Crippen molar-refractivity contribution >= 4 is 34.0 Å². The van der Waals surface area contributed by atoms with E-state index in [1.165, 1.54) is 0 Å². The third-order valence-electron chi connectivity index (χ3n) is 4.14. The number of rotatable bonds is 7. The maximum Gasteiger partial charge on any atom is 0.124 e. The normalized spacial score (nSPS) is 12.3. The van der Waals surface area contributed by atoms with Gasteiger partial charge in [-0.05, 0) is 35.9 Å². The van der Waals surface area contributed by atoms with Gasteiger partial charge >= 0.3 is 0 Å². The van der Waals surface area contributed by atoms with E-state index in [0.717, 1.165) is 27.6 Å². The molecular weight excluding hydrogens is 369 g/mol. The molecule has 0 aliphatic heterocycles. The standard InChI is InChI=1S/C21H21Cl2NO2/c1-14(25)11-24-12-19-18-5-3-2-4-15(18)7-9-21(19)26-13-16-6-8-17(22)10-20(16)23/h2-10,14,24-25H,11-13H2,1H3/t14-/m0/s1. The molecule has 5 heteroatoms. The lowest BCUT2D eigenvalue weighted by Gasteiger charge is -2.16. The molecule has 0 unspecified atom stereocenters. The van der Waals surface area contributed by atoms with Crippen LogP contribution in [0.4, 0.5) is 0 Å². The summed E-state index contributed by atoms with van der Waals surface area (Å²) in [6, 6.07) is 17.6. The highest BCUT2D eigenvalue weighted by Crippen LogP contribution is 2.30. The minimum atomic E-state index is -0.401. The summed E-state index contributed by atoms with van der Waals surface area (Å²) in [5.74, 6) is 0.799. The number of nitrogens with one attached hydrogen (secondary N) is 1. The lowest BCUT2D eigenvalue weighted by molar-refractivity contribution is 0.190. The molecule has 3 aromatic carbocycles. The lowest BCUT2D eigenvalue weighted by atomic mass is 10.0. The van der Waals surface area contributed by atoms with Gasteiger partial charge < -0.3 is 15.2 Å². The van der Waals surface area contributed by atoms with E-state index < -0.39 is 6.10 Å². The Bertz CT molecular complexity index is 896. The Morgan fingerprint density at radius 3 is 2.65 bits per heavy atom. The summed E-state index contributed by atoms with van der Waals surface area (Å²) < 4.78 is 6.08. The van der Waals surface area contributed by atoms with Crippen LogP contribution in [0.2, 0.25) is 10.0 Å². The van der Waals surface area contributed by atoms with Crippen LogP contribution in [0.5, 0.6) is 5.75 Å². The predicted octanol–water partition coefficient (Wildman–Crippen LogP) is 5.20. The molecule has 0 bridgehead atoms. The monoisotopic (exact) mass is 389 g/mol. The third kappa shape index (κ3) is 4.68. The minimum Gasteiger partial charge on any atom is -0.488 e. The van der Waals surface area contributed by atoms with Crippen LogP contribution < -0.4 is 10.1 Å². The lowest BCUT2D eigenvalue weighted by Crippen LogP contribution is -2.24. The highest BCUT2D eigenvalue weighted by molar-refractivity contribution is 6.35. The van der Waals surface area contributed by atoms with Crippen LogP contribution in [-0.4, -0.2) is 17.8 Å². The molecule has 3 rings (SSSR count). The summed E-state index contributed by atoms with van der Waals surface area (Å²) in [7, 11) is 0. The molecule has 136 valence electrons. The zero-order valence-corrected chi connectivity index (χ0v) is 16.0. The summed E-state index contributed by atoms with van der Waals surface area (Å²) in [4.78, 5) is 0. The van der Waals surface area contributed by atoms with Crippen molar-refractivity contribution in [1.82, 2.24) is 5.32 Å². The van der Waals surface area contributed by atoms with Crippen molar-refractivity contribution in [2.45, 2.75) is 26.2 Å². The fourth-order valence-electron chi connectivity index (χ4n) is 2.83. The molecule has 3 aromatic rings. The van der Waals surface area contributed by atoms with Crippen molar-refractivity contribution < 1.29 is 9.84 Å². The summed E-state index contributed by atoms with van der Waals surface area (Å²) in [5.41, 5.74) is 1.95. The number of hydrogen-bond donors (Lipinski definition) is 2. The predicted molar refractivity (Wildman–Crippen MR) is 108 cm³/mol. The highest BCUT2D eigenvalue weighted by atomic mass is 35.5. The van der Waals surface area contributed by atoms with E-state index in [-0.39, 0.29) is 0 Å². The first-order chi connectivity index (χ1) is 12.5. The van der Waals surface area contributed by atoms with Crippen LogP contribution in [0, 0.1) is 0 Å². The van der Waals surface area contributed by atoms with E-state index in [1.54, 1.807) is 19.1 Å². The second kappa shape index (κ2) is 8.74.